The number of rotatable bonds is 3. The van der Waals surface area contributed by atoms with E-state index in [9.17, 15) is 9.46 Å². The Morgan fingerprint density at radius 1 is 0.812 bits per heavy atom. The lowest BCUT2D eigenvalue weighted by molar-refractivity contribution is 0.503. The van der Waals surface area contributed by atoms with E-state index < -0.39 is 8.18 Å². The standard InChI is InChI=1S/C12H10NO2P/c14-16(15)13(11-7-3-1-4-8-11)12-9-5-2-6-10-12/h1-10H/p+1. The SMILES string of the molecule is O=[P+](O)N(c1ccccc1)c1ccccc1. The molecular formula is C12H11NO2P+. The highest BCUT2D eigenvalue weighted by Crippen LogP contribution is 2.37. The molecule has 4 heteroatoms. The van der Waals surface area contributed by atoms with Crippen LogP contribution >= 0.6 is 8.18 Å². The second kappa shape index (κ2) is 4.88. The summed E-state index contributed by atoms with van der Waals surface area (Å²) in [5, 5.41) is 0. The number of anilines is 2. The molecule has 1 atom stereocenters. The van der Waals surface area contributed by atoms with Gasteiger partial charge in [0.2, 0.25) is 0 Å². The summed E-state index contributed by atoms with van der Waals surface area (Å²) in [4.78, 5) is 9.35. The largest absolute Gasteiger partial charge is 0.648 e. The van der Waals surface area contributed by atoms with Crippen LogP contribution in [0.4, 0.5) is 11.4 Å². The number of para-hydroxylation sites is 2. The first kappa shape index (κ1) is 10.8. The van der Waals surface area contributed by atoms with E-state index in [1.807, 2.05) is 36.4 Å². The third kappa shape index (κ3) is 2.27. The van der Waals surface area contributed by atoms with Crippen molar-refractivity contribution in [3.8, 4) is 0 Å². The van der Waals surface area contributed by atoms with Gasteiger partial charge in [0.05, 0.1) is 11.4 Å². The molecule has 0 spiro atoms. The first-order valence-corrected chi connectivity index (χ1v) is 6.02. The summed E-state index contributed by atoms with van der Waals surface area (Å²) < 4.78 is 12.8. The molecule has 0 aliphatic rings. The van der Waals surface area contributed by atoms with Gasteiger partial charge in [0.15, 0.2) is 0 Å². The summed E-state index contributed by atoms with van der Waals surface area (Å²) in [6, 6.07) is 18.3. The predicted molar refractivity (Wildman–Crippen MR) is 64.8 cm³/mol. The van der Waals surface area contributed by atoms with Gasteiger partial charge in [-0.25, -0.2) is 0 Å². The van der Waals surface area contributed by atoms with Crippen LogP contribution in [-0.2, 0) is 4.57 Å². The topological polar surface area (TPSA) is 40.5 Å². The Labute approximate surface area is 94.9 Å². The highest BCUT2D eigenvalue weighted by Gasteiger charge is 2.27. The summed E-state index contributed by atoms with van der Waals surface area (Å²) in [6.45, 7) is 0. The van der Waals surface area contributed by atoms with Crippen LogP contribution in [0.15, 0.2) is 60.7 Å². The summed E-state index contributed by atoms with van der Waals surface area (Å²) in [5.41, 5.74) is 1.41. The van der Waals surface area contributed by atoms with Crippen molar-refractivity contribution in [1.29, 1.82) is 0 Å². The minimum absolute atomic E-state index is 0.706. The lowest BCUT2D eigenvalue weighted by atomic mass is 10.3. The van der Waals surface area contributed by atoms with Crippen molar-refractivity contribution in [3.63, 3.8) is 0 Å². The third-order valence-corrected chi connectivity index (χ3v) is 2.98. The minimum atomic E-state index is -2.43. The van der Waals surface area contributed by atoms with E-state index in [1.165, 1.54) is 4.67 Å². The third-order valence-electron chi connectivity index (χ3n) is 2.17. The zero-order valence-corrected chi connectivity index (χ0v) is 9.42. The Morgan fingerprint density at radius 3 is 1.50 bits per heavy atom. The van der Waals surface area contributed by atoms with E-state index in [-0.39, 0.29) is 0 Å². The van der Waals surface area contributed by atoms with Crippen LogP contribution in [0.2, 0.25) is 0 Å². The van der Waals surface area contributed by atoms with Crippen LogP contribution in [0.25, 0.3) is 0 Å². The van der Waals surface area contributed by atoms with E-state index in [0.29, 0.717) is 11.4 Å². The van der Waals surface area contributed by atoms with Crippen molar-refractivity contribution in [3.05, 3.63) is 60.7 Å². The average Bonchev–Trinajstić information content (AvgIpc) is 2.31. The Hall–Kier alpha value is -1.70. The van der Waals surface area contributed by atoms with Crippen LogP contribution in [0.1, 0.15) is 0 Å². The van der Waals surface area contributed by atoms with Crippen molar-refractivity contribution in [2.75, 3.05) is 4.67 Å². The molecule has 0 radical (unpaired) electrons. The van der Waals surface area contributed by atoms with Gasteiger partial charge in [-0.3, -0.25) is 0 Å². The maximum atomic E-state index is 11.4. The van der Waals surface area contributed by atoms with Gasteiger partial charge in [-0.05, 0) is 28.8 Å². The first-order valence-electron chi connectivity index (χ1n) is 4.85. The van der Waals surface area contributed by atoms with E-state index in [0.717, 1.165) is 0 Å². The van der Waals surface area contributed by atoms with Gasteiger partial charge in [0.25, 0.3) is 0 Å². The molecule has 0 fully saturated rings. The molecule has 3 nitrogen and oxygen atoms in total. The Balaban J connectivity index is 2.44. The quantitative estimate of drug-likeness (QED) is 0.823. The predicted octanol–water partition coefficient (Wildman–Crippen LogP) is 3.47. The second-order valence-corrected chi connectivity index (χ2v) is 4.14. The molecule has 0 aliphatic heterocycles. The zero-order chi connectivity index (χ0) is 11.4. The normalized spacial score (nSPS) is 10.9. The van der Waals surface area contributed by atoms with Gasteiger partial charge in [-0.1, -0.05) is 36.4 Å². The van der Waals surface area contributed by atoms with Crippen molar-refractivity contribution >= 4 is 19.6 Å². The van der Waals surface area contributed by atoms with Gasteiger partial charge in [-0.15, -0.1) is 9.56 Å². The van der Waals surface area contributed by atoms with Crippen LogP contribution < -0.4 is 4.67 Å². The smallest absolute Gasteiger partial charge is 0.139 e. The summed E-state index contributed by atoms with van der Waals surface area (Å²) >= 11 is 0. The van der Waals surface area contributed by atoms with Crippen molar-refractivity contribution in [2.24, 2.45) is 0 Å². The van der Waals surface area contributed by atoms with Crippen LogP contribution in [0.5, 0.6) is 0 Å². The fourth-order valence-electron chi connectivity index (χ4n) is 1.49. The van der Waals surface area contributed by atoms with E-state index in [2.05, 4.69) is 0 Å². The van der Waals surface area contributed by atoms with Crippen molar-refractivity contribution < 1.29 is 9.46 Å². The molecule has 1 N–H and O–H groups in total. The average molecular weight is 232 g/mol. The maximum absolute atomic E-state index is 11.4. The molecule has 2 rings (SSSR count). The fraction of sp³-hybridized carbons (Fsp3) is 0. The molecule has 0 amide bonds. The molecule has 0 aromatic heterocycles. The van der Waals surface area contributed by atoms with Crippen LogP contribution in [-0.4, -0.2) is 4.89 Å². The van der Waals surface area contributed by atoms with Crippen molar-refractivity contribution in [2.45, 2.75) is 0 Å². The molecule has 2 aromatic rings. The number of nitrogens with zero attached hydrogens (tertiary/aromatic N) is 1. The molecule has 1 unspecified atom stereocenters. The van der Waals surface area contributed by atoms with Crippen LogP contribution in [0, 0.1) is 0 Å². The monoisotopic (exact) mass is 232 g/mol. The van der Waals surface area contributed by atoms with Gasteiger partial charge < -0.3 is 0 Å². The highest BCUT2D eigenvalue weighted by atomic mass is 31.1. The Morgan fingerprint density at radius 2 is 1.19 bits per heavy atom. The molecule has 0 heterocycles. The van der Waals surface area contributed by atoms with E-state index in [4.69, 9.17) is 0 Å². The van der Waals surface area contributed by atoms with Crippen molar-refractivity contribution in [1.82, 2.24) is 0 Å². The zero-order valence-electron chi connectivity index (χ0n) is 8.52. The Kier molecular flexibility index (Phi) is 3.30. The van der Waals surface area contributed by atoms with Gasteiger partial charge in [0.1, 0.15) is 0 Å². The molecule has 0 bridgehead atoms. The lowest BCUT2D eigenvalue weighted by Crippen LogP contribution is -2.05. The summed E-state index contributed by atoms with van der Waals surface area (Å²) in [5.74, 6) is 0. The lowest BCUT2D eigenvalue weighted by Gasteiger charge is -2.09. The molecule has 0 aliphatic carbocycles. The fourth-order valence-corrected chi connectivity index (χ4v) is 2.15. The molecule has 0 saturated carbocycles. The van der Waals surface area contributed by atoms with Gasteiger partial charge >= 0.3 is 8.18 Å². The molecule has 80 valence electrons. The van der Waals surface area contributed by atoms with E-state index in [1.54, 1.807) is 24.3 Å². The summed E-state index contributed by atoms with van der Waals surface area (Å²) in [7, 11) is -2.43. The van der Waals surface area contributed by atoms with Gasteiger partial charge in [0, 0.05) is 0 Å². The Bertz CT molecular complexity index is 433. The van der Waals surface area contributed by atoms with Crippen LogP contribution in [0.3, 0.4) is 0 Å². The number of hydrogen-bond acceptors (Lipinski definition) is 1. The number of benzene rings is 2. The summed E-state index contributed by atoms with van der Waals surface area (Å²) in [6.07, 6.45) is 0. The highest BCUT2D eigenvalue weighted by molar-refractivity contribution is 7.40. The van der Waals surface area contributed by atoms with E-state index >= 15 is 0 Å². The molecule has 0 saturated heterocycles. The maximum Gasteiger partial charge on any atom is 0.648 e. The second-order valence-electron chi connectivity index (χ2n) is 3.24. The molecule has 16 heavy (non-hydrogen) atoms. The first-order chi connectivity index (χ1) is 7.79. The molecular weight excluding hydrogens is 221 g/mol. The number of hydrogen-bond donors (Lipinski definition) is 1. The molecule has 2 aromatic carbocycles. The minimum Gasteiger partial charge on any atom is -0.139 e. The van der Waals surface area contributed by atoms with Gasteiger partial charge in [-0.2, -0.15) is 0 Å².